The van der Waals surface area contributed by atoms with Gasteiger partial charge in [-0.2, -0.15) is 4.31 Å². The van der Waals surface area contributed by atoms with Gasteiger partial charge in [0.2, 0.25) is 21.8 Å². The van der Waals surface area contributed by atoms with Crippen molar-refractivity contribution in [1.82, 2.24) is 14.5 Å². The molecule has 9 heteroatoms. The predicted octanol–water partition coefficient (Wildman–Crippen LogP) is 3.12. The molecule has 0 atom stereocenters. The number of nitrogens with zero attached hydrogens (tertiary/aromatic N) is 4. The Morgan fingerprint density at radius 2 is 1.61 bits per heavy atom. The van der Waals surface area contributed by atoms with Gasteiger partial charge in [0.1, 0.15) is 0 Å². The molecule has 0 amide bonds. The van der Waals surface area contributed by atoms with Crippen LogP contribution in [0.25, 0.3) is 0 Å². The lowest BCUT2D eigenvalue weighted by Gasteiger charge is -2.26. The summed E-state index contributed by atoms with van der Waals surface area (Å²) in [4.78, 5) is 2.44. The fourth-order valence-corrected chi connectivity index (χ4v) is 4.53. The Morgan fingerprint density at radius 3 is 2.14 bits per heavy atom. The second-order valence-corrected chi connectivity index (χ2v) is 8.18. The number of benzene rings is 1. The average Bonchev–Trinajstić information content (AvgIpc) is 3.16. The van der Waals surface area contributed by atoms with E-state index in [-0.39, 0.29) is 4.90 Å². The van der Waals surface area contributed by atoms with E-state index in [1.165, 1.54) is 4.31 Å². The van der Waals surface area contributed by atoms with Gasteiger partial charge in [-0.25, -0.2) is 8.42 Å². The second kappa shape index (κ2) is 9.88. The Labute approximate surface area is 168 Å². The van der Waals surface area contributed by atoms with E-state index in [0.717, 1.165) is 24.5 Å². The zero-order chi connectivity index (χ0) is 20.7. The topological polar surface area (TPSA) is 91.6 Å². The first-order valence-electron chi connectivity index (χ1n) is 9.85. The van der Waals surface area contributed by atoms with Crippen molar-refractivity contribution in [1.29, 1.82) is 0 Å². The third-order valence-corrected chi connectivity index (χ3v) is 6.70. The molecule has 1 heterocycles. The monoisotopic (exact) mass is 409 g/mol. The normalized spacial score (nSPS) is 11.8. The van der Waals surface area contributed by atoms with Crippen molar-refractivity contribution in [2.75, 3.05) is 36.4 Å². The summed E-state index contributed by atoms with van der Waals surface area (Å²) in [7, 11) is -3.54. The van der Waals surface area contributed by atoms with Crippen molar-refractivity contribution in [3.63, 3.8) is 0 Å². The van der Waals surface area contributed by atoms with E-state index in [1.54, 1.807) is 12.1 Å². The van der Waals surface area contributed by atoms with Crippen molar-refractivity contribution in [2.45, 2.75) is 52.5 Å². The van der Waals surface area contributed by atoms with Crippen molar-refractivity contribution in [3.05, 3.63) is 30.0 Å². The van der Waals surface area contributed by atoms with E-state index < -0.39 is 10.0 Å². The summed E-state index contributed by atoms with van der Waals surface area (Å²) in [5.74, 6) is 1.05. The summed E-state index contributed by atoms with van der Waals surface area (Å²) in [5, 5.41) is 11.3. The molecule has 8 nitrogen and oxygen atoms in total. The van der Waals surface area contributed by atoms with Gasteiger partial charge < -0.3 is 14.6 Å². The lowest BCUT2D eigenvalue weighted by molar-refractivity contribution is 0.445. The number of aromatic nitrogens is 2. The molecule has 2 rings (SSSR count). The maximum absolute atomic E-state index is 12.9. The lowest BCUT2D eigenvalue weighted by atomic mass is 10.2. The van der Waals surface area contributed by atoms with Crippen LogP contribution in [0.1, 0.15) is 46.4 Å². The Balaban J connectivity index is 2.40. The van der Waals surface area contributed by atoms with E-state index in [0.29, 0.717) is 37.8 Å². The molecule has 0 spiro atoms. The fraction of sp³-hybridized carbons (Fsp3) is 0.579. The Hall–Kier alpha value is -2.13. The van der Waals surface area contributed by atoms with Crippen LogP contribution in [-0.2, 0) is 23.0 Å². The zero-order valence-corrected chi connectivity index (χ0v) is 18.2. The molecular formula is C19H31N5O3S. The smallest absolute Gasteiger partial charge is 0.243 e. The van der Waals surface area contributed by atoms with Gasteiger partial charge in [0.15, 0.2) is 0 Å². The maximum atomic E-state index is 12.9. The van der Waals surface area contributed by atoms with Crippen molar-refractivity contribution in [3.8, 4) is 0 Å². The van der Waals surface area contributed by atoms with Gasteiger partial charge in [0.05, 0.1) is 22.8 Å². The van der Waals surface area contributed by atoms with E-state index in [4.69, 9.17) is 4.42 Å². The van der Waals surface area contributed by atoms with Crippen LogP contribution in [0.15, 0.2) is 27.5 Å². The molecule has 156 valence electrons. The minimum atomic E-state index is -3.54. The van der Waals surface area contributed by atoms with Crippen LogP contribution in [-0.4, -0.2) is 49.1 Å². The molecular weight excluding hydrogens is 378 g/mol. The summed E-state index contributed by atoms with van der Waals surface area (Å²) < 4.78 is 32.9. The van der Waals surface area contributed by atoms with E-state index in [2.05, 4.69) is 34.3 Å². The largest absolute Gasteiger partial charge is 0.423 e. The molecule has 0 aliphatic carbocycles. The molecule has 0 aliphatic heterocycles. The summed E-state index contributed by atoms with van der Waals surface area (Å²) in [6, 6.07) is 5.23. The average molecular weight is 410 g/mol. The standard InChI is InChI=1S/C19H31N5O3S/c1-6-18-21-22-19(27-18)14-20-16-13-15(28(25,26)24(9-4)10-5)11-12-17(16)23(7-2)8-3/h11-13,20H,6-10,14H2,1-5H3. The minimum absolute atomic E-state index is 0.273. The molecule has 0 unspecified atom stereocenters. The van der Waals surface area contributed by atoms with Crippen LogP contribution < -0.4 is 10.2 Å². The number of rotatable bonds is 11. The maximum Gasteiger partial charge on any atom is 0.243 e. The van der Waals surface area contributed by atoms with Gasteiger partial charge in [-0.3, -0.25) is 0 Å². The summed E-state index contributed by atoms with van der Waals surface area (Å²) in [6.07, 6.45) is 0.676. The summed E-state index contributed by atoms with van der Waals surface area (Å²) >= 11 is 0. The van der Waals surface area contributed by atoms with Gasteiger partial charge in [0, 0.05) is 32.6 Å². The molecule has 0 saturated heterocycles. The first kappa shape index (κ1) is 22.2. The molecule has 28 heavy (non-hydrogen) atoms. The molecule has 0 saturated carbocycles. The van der Waals surface area contributed by atoms with Crippen LogP contribution in [0.3, 0.4) is 0 Å². The van der Waals surface area contributed by atoms with E-state index in [9.17, 15) is 8.42 Å². The molecule has 0 aliphatic rings. The first-order valence-corrected chi connectivity index (χ1v) is 11.3. The van der Waals surface area contributed by atoms with Crippen molar-refractivity contribution in [2.24, 2.45) is 0 Å². The van der Waals surface area contributed by atoms with Crippen LogP contribution in [0.4, 0.5) is 11.4 Å². The number of nitrogens with one attached hydrogen (secondary N) is 1. The van der Waals surface area contributed by atoms with Crippen LogP contribution >= 0.6 is 0 Å². The van der Waals surface area contributed by atoms with Crippen LogP contribution in [0, 0.1) is 0 Å². The quantitative estimate of drug-likeness (QED) is 0.609. The van der Waals surface area contributed by atoms with Gasteiger partial charge >= 0.3 is 0 Å². The number of hydrogen-bond donors (Lipinski definition) is 1. The Kier molecular flexibility index (Phi) is 7.82. The van der Waals surface area contributed by atoms with Gasteiger partial charge in [-0.05, 0) is 32.0 Å². The molecule has 1 N–H and O–H groups in total. The molecule has 0 radical (unpaired) electrons. The number of sulfonamides is 1. The lowest BCUT2D eigenvalue weighted by Crippen LogP contribution is -2.31. The second-order valence-electron chi connectivity index (χ2n) is 6.24. The first-order chi connectivity index (χ1) is 13.4. The molecule has 0 fully saturated rings. The zero-order valence-electron chi connectivity index (χ0n) is 17.4. The van der Waals surface area contributed by atoms with Gasteiger partial charge in [-0.15, -0.1) is 10.2 Å². The number of hydrogen-bond acceptors (Lipinski definition) is 7. The SMILES string of the molecule is CCc1nnc(CNc2cc(S(=O)(=O)N(CC)CC)ccc2N(CC)CC)o1. The Morgan fingerprint density at radius 1 is 0.964 bits per heavy atom. The predicted molar refractivity (Wildman–Crippen MR) is 111 cm³/mol. The highest BCUT2D eigenvalue weighted by atomic mass is 32.2. The molecule has 1 aromatic carbocycles. The van der Waals surface area contributed by atoms with Crippen LogP contribution in [0.2, 0.25) is 0 Å². The fourth-order valence-electron chi connectivity index (χ4n) is 3.04. The highest BCUT2D eigenvalue weighted by Gasteiger charge is 2.23. The molecule has 2 aromatic rings. The Bertz CT molecular complexity index is 858. The van der Waals surface area contributed by atoms with Crippen LogP contribution in [0.5, 0.6) is 0 Å². The van der Waals surface area contributed by atoms with Gasteiger partial charge in [0.25, 0.3) is 0 Å². The van der Waals surface area contributed by atoms with E-state index >= 15 is 0 Å². The highest BCUT2D eigenvalue weighted by molar-refractivity contribution is 7.89. The van der Waals surface area contributed by atoms with Crippen molar-refractivity contribution >= 4 is 21.4 Å². The van der Waals surface area contributed by atoms with Gasteiger partial charge in [-0.1, -0.05) is 20.8 Å². The summed E-state index contributed by atoms with van der Waals surface area (Å²) in [5.41, 5.74) is 1.67. The minimum Gasteiger partial charge on any atom is -0.423 e. The third kappa shape index (κ3) is 4.82. The molecule has 1 aromatic heterocycles. The number of anilines is 2. The van der Waals surface area contributed by atoms with E-state index in [1.807, 2.05) is 26.8 Å². The third-order valence-electron chi connectivity index (χ3n) is 4.66. The highest BCUT2D eigenvalue weighted by Crippen LogP contribution is 2.30. The van der Waals surface area contributed by atoms with Crippen molar-refractivity contribution < 1.29 is 12.8 Å². The molecule has 0 bridgehead atoms. The summed E-state index contributed by atoms with van der Waals surface area (Å²) in [6.45, 7) is 12.6. The number of aryl methyl sites for hydroxylation is 1.